The Morgan fingerprint density at radius 3 is 1.90 bits per heavy atom. The van der Waals surface area contributed by atoms with Gasteiger partial charge >= 0.3 is 0 Å². The average Bonchev–Trinajstić information content (AvgIpc) is 3.74. The number of nitrogens with zero attached hydrogens (tertiary/aromatic N) is 2. The van der Waals surface area contributed by atoms with Gasteiger partial charge in [-0.3, -0.25) is 0 Å². The molecule has 0 atom stereocenters. The summed E-state index contributed by atoms with van der Waals surface area (Å²) in [5.41, 5.74) is 14.7. The average molecular weight is 587 g/mol. The summed E-state index contributed by atoms with van der Waals surface area (Å²) < 4.78 is 0. The molecular weight excluding hydrogens is 540 g/mol. The minimum Gasteiger partial charge on any atom is -0.355 e. The van der Waals surface area contributed by atoms with E-state index in [4.69, 9.17) is 9.97 Å². The molecule has 2 N–H and O–H groups in total. The van der Waals surface area contributed by atoms with Crippen LogP contribution in [0.3, 0.4) is 0 Å². The van der Waals surface area contributed by atoms with Gasteiger partial charge in [-0.05, 0) is 117 Å². The van der Waals surface area contributed by atoms with Crippen LogP contribution in [0.5, 0.6) is 0 Å². The van der Waals surface area contributed by atoms with E-state index in [9.17, 15) is 0 Å². The Balaban J connectivity index is 0.00000387. The molecule has 5 heterocycles. The normalized spacial score (nSPS) is 12.7. The maximum absolute atomic E-state index is 5.50. The third-order valence-electron chi connectivity index (χ3n) is 8.15. The molecule has 41 heavy (non-hydrogen) atoms. The number of nitrogens with one attached hydrogen (secondary N) is 2. The summed E-state index contributed by atoms with van der Waals surface area (Å²) in [6, 6.07) is 13.3. The van der Waals surface area contributed by atoms with Crippen molar-refractivity contribution in [2.75, 3.05) is 0 Å². The van der Waals surface area contributed by atoms with Crippen molar-refractivity contribution in [1.82, 2.24) is 19.9 Å². The molecule has 0 aliphatic carbocycles. The van der Waals surface area contributed by atoms with Crippen molar-refractivity contribution in [2.24, 2.45) is 0 Å². The van der Waals surface area contributed by atoms with Gasteiger partial charge in [0, 0.05) is 45.0 Å². The van der Waals surface area contributed by atoms with Gasteiger partial charge in [0.15, 0.2) is 0 Å². The van der Waals surface area contributed by atoms with Crippen LogP contribution in [0.25, 0.3) is 45.4 Å². The van der Waals surface area contributed by atoms with E-state index >= 15 is 0 Å². The third kappa shape index (κ3) is 7.32. The van der Waals surface area contributed by atoms with E-state index in [0.29, 0.717) is 0 Å². The number of hydrogen-bond donors (Lipinski definition) is 2. The van der Waals surface area contributed by atoms with Crippen molar-refractivity contribution in [3.8, 4) is 0 Å². The van der Waals surface area contributed by atoms with Crippen molar-refractivity contribution in [3.63, 3.8) is 0 Å². The number of rotatable bonds is 12. The van der Waals surface area contributed by atoms with Gasteiger partial charge in [-0.2, -0.15) is 0 Å². The second-order valence-corrected chi connectivity index (χ2v) is 11.4. The van der Waals surface area contributed by atoms with Gasteiger partial charge in [0.2, 0.25) is 0 Å². The molecule has 5 rings (SSSR count). The molecule has 0 amide bonds. The molecule has 2 aliphatic heterocycles. The second-order valence-electron chi connectivity index (χ2n) is 11.4. The van der Waals surface area contributed by atoms with Crippen molar-refractivity contribution in [2.45, 2.75) is 105 Å². The van der Waals surface area contributed by atoms with Crippen LogP contribution in [-0.4, -0.2) is 19.9 Å². The molecule has 2 aliphatic rings. The van der Waals surface area contributed by atoms with Crippen LogP contribution in [0.1, 0.15) is 126 Å². The van der Waals surface area contributed by atoms with E-state index in [1.807, 2.05) is 0 Å². The number of fused-ring (bicyclic) bond motifs is 8. The smallest absolute Gasteiger partial charge is 0.0725 e. The number of hydrogen-bond acceptors (Lipinski definition) is 2. The van der Waals surface area contributed by atoms with Gasteiger partial charge in [-0.1, -0.05) is 53.4 Å². The summed E-state index contributed by atoms with van der Waals surface area (Å²) in [4.78, 5) is 17.9. The molecule has 216 valence electrons. The van der Waals surface area contributed by atoms with E-state index < -0.39 is 0 Å². The van der Waals surface area contributed by atoms with Crippen LogP contribution in [0.2, 0.25) is 0 Å². The molecule has 0 aromatic carbocycles. The summed E-state index contributed by atoms with van der Waals surface area (Å²) in [6.45, 7) is 9.16. The maximum atomic E-state index is 5.50. The minimum atomic E-state index is 0. The van der Waals surface area contributed by atoms with Gasteiger partial charge in [-0.25, -0.2) is 9.97 Å². The van der Waals surface area contributed by atoms with E-state index in [1.165, 1.54) is 78.4 Å². The van der Waals surface area contributed by atoms with Crippen LogP contribution in [0, 0.1) is 0 Å². The number of aromatic amines is 2. The molecule has 0 saturated heterocycles. The molecule has 0 radical (unpaired) electrons. The Bertz CT molecular complexity index is 1550. The summed E-state index contributed by atoms with van der Waals surface area (Å²) in [6.07, 6.45) is 18.0. The quantitative estimate of drug-likeness (QED) is 0.173. The zero-order valence-electron chi connectivity index (χ0n) is 25.4. The maximum Gasteiger partial charge on any atom is 0.0725 e. The fourth-order valence-electron chi connectivity index (χ4n) is 5.94. The molecular formula is C36H46CrN4. The van der Waals surface area contributed by atoms with Crippen LogP contribution >= 0.6 is 0 Å². The Morgan fingerprint density at radius 2 is 1.20 bits per heavy atom. The van der Waals surface area contributed by atoms with E-state index in [2.05, 4.69) is 86.2 Å². The number of allylic oxidation sites excluding steroid dienone is 2. The van der Waals surface area contributed by atoms with Gasteiger partial charge in [-0.15, -0.1) is 0 Å². The fourth-order valence-corrected chi connectivity index (χ4v) is 5.94. The van der Waals surface area contributed by atoms with Gasteiger partial charge in [0.05, 0.1) is 22.8 Å². The summed E-state index contributed by atoms with van der Waals surface area (Å²) in [7, 11) is 0. The molecule has 0 saturated carbocycles. The summed E-state index contributed by atoms with van der Waals surface area (Å²) in [5, 5.41) is 0. The van der Waals surface area contributed by atoms with Crippen LogP contribution in [-0.2, 0) is 30.2 Å². The number of aryl methyl sites for hydroxylation is 2. The topological polar surface area (TPSA) is 57.4 Å². The number of unbranched alkanes of at least 4 members (excludes halogenated alkanes) is 4. The Morgan fingerprint density at radius 1 is 0.585 bits per heavy atom. The summed E-state index contributed by atoms with van der Waals surface area (Å²) in [5.74, 6) is 0. The Kier molecular flexibility index (Phi) is 11.3. The molecule has 3 aromatic rings. The van der Waals surface area contributed by atoms with Crippen molar-refractivity contribution < 1.29 is 17.4 Å². The first kappa shape index (κ1) is 31.1. The van der Waals surface area contributed by atoms with E-state index in [1.54, 1.807) is 0 Å². The minimum absolute atomic E-state index is 0. The first-order valence-corrected chi connectivity index (χ1v) is 15.8. The molecule has 3 aromatic heterocycles. The van der Waals surface area contributed by atoms with Crippen molar-refractivity contribution in [1.29, 1.82) is 0 Å². The predicted octanol–water partition coefficient (Wildman–Crippen LogP) is 10.5. The van der Waals surface area contributed by atoms with Crippen molar-refractivity contribution >= 4 is 45.4 Å². The standard InChI is InChI=1S/C36H46N4.Cr/c1-5-9-13-25-21-30-23-28-18-17-26(37-28)22-27-19-20-29(38-27)24-34-31(14-10-6-2)32(15-11-7-3)36(40-34)33(16-12-8-4)35(25)39-30;/h17-24,37,39H,5-16H2,1-4H3;. The van der Waals surface area contributed by atoms with Crippen LogP contribution in [0.4, 0.5) is 0 Å². The molecule has 0 spiro atoms. The second kappa shape index (κ2) is 14.9. The number of H-pyrrole nitrogens is 2. The van der Waals surface area contributed by atoms with Crippen LogP contribution < -0.4 is 0 Å². The first-order chi connectivity index (χ1) is 19.6. The zero-order chi connectivity index (χ0) is 27.9. The number of aromatic nitrogens is 4. The van der Waals surface area contributed by atoms with Crippen molar-refractivity contribution in [3.05, 3.63) is 70.3 Å². The predicted molar refractivity (Wildman–Crippen MR) is 173 cm³/mol. The van der Waals surface area contributed by atoms with Gasteiger partial charge in [0.25, 0.3) is 0 Å². The molecule has 0 fully saturated rings. The molecule has 8 bridgehead atoms. The monoisotopic (exact) mass is 586 g/mol. The summed E-state index contributed by atoms with van der Waals surface area (Å²) >= 11 is 0. The van der Waals surface area contributed by atoms with Crippen LogP contribution in [0.15, 0.2) is 36.4 Å². The first-order valence-electron chi connectivity index (χ1n) is 15.8. The Labute approximate surface area is 257 Å². The van der Waals surface area contributed by atoms with Gasteiger partial charge < -0.3 is 9.97 Å². The largest absolute Gasteiger partial charge is 0.355 e. The molecule has 5 heteroatoms. The molecule has 4 nitrogen and oxygen atoms in total. The van der Waals surface area contributed by atoms with Gasteiger partial charge in [0.1, 0.15) is 0 Å². The third-order valence-corrected chi connectivity index (χ3v) is 8.15. The fraction of sp³-hybridized carbons (Fsp3) is 0.444. The molecule has 0 unspecified atom stereocenters. The zero-order valence-corrected chi connectivity index (χ0v) is 26.7. The SMILES string of the molecule is CCCCC1=C(CCCC)c2nc1cc1nc(cc3ccc(cc4cc(CCCC)c([nH]4)c2CCCC)[nH]3)C=C1.[Cr]. The van der Waals surface area contributed by atoms with E-state index in [-0.39, 0.29) is 17.4 Å². The van der Waals surface area contributed by atoms with E-state index in [0.717, 1.165) is 65.7 Å². The Hall–Kier alpha value is -2.87.